The van der Waals surface area contributed by atoms with Crippen LogP contribution in [-0.2, 0) is 6.54 Å². The number of ketones is 1. The smallest absolute Gasteiger partial charge is 0.216 e. The molecule has 1 heterocycles. The molecule has 106 valence electrons. The summed E-state index contributed by atoms with van der Waals surface area (Å²) in [5, 5.41) is 4.49. The minimum Gasteiger partial charge on any atom is -0.496 e. The van der Waals surface area contributed by atoms with Crippen LogP contribution in [0.25, 0.3) is 0 Å². The lowest BCUT2D eigenvalue weighted by molar-refractivity contribution is 0.102. The molecule has 0 aliphatic rings. The highest BCUT2D eigenvalue weighted by molar-refractivity contribution is 9.10. The molecule has 0 N–H and O–H groups in total. The zero-order valence-electron chi connectivity index (χ0n) is 11.2. The van der Waals surface area contributed by atoms with Crippen LogP contribution < -0.4 is 4.74 Å². The maximum Gasteiger partial charge on any atom is 0.216 e. The normalized spacial score (nSPS) is 10.6. The van der Waals surface area contributed by atoms with E-state index in [-0.39, 0.29) is 5.78 Å². The number of aromatic nitrogens is 2. The van der Waals surface area contributed by atoms with Crippen molar-refractivity contribution in [2.24, 2.45) is 0 Å². The molecular formula is C14H14BrClN2O2. The van der Waals surface area contributed by atoms with Gasteiger partial charge < -0.3 is 4.74 Å². The van der Waals surface area contributed by atoms with Gasteiger partial charge in [-0.25, -0.2) is 0 Å². The molecule has 1 aromatic heterocycles. The van der Waals surface area contributed by atoms with Crippen molar-refractivity contribution in [2.75, 3.05) is 7.11 Å². The number of hydrogen-bond acceptors (Lipinski definition) is 3. The Morgan fingerprint density at radius 3 is 2.90 bits per heavy atom. The predicted octanol–water partition coefficient (Wildman–Crippen LogP) is 3.95. The molecule has 6 heteroatoms. The van der Waals surface area contributed by atoms with Crippen molar-refractivity contribution < 1.29 is 9.53 Å². The minimum absolute atomic E-state index is 0.190. The number of nitrogens with zero attached hydrogens (tertiary/aromatic N) is 2. The van der Waals surface area contributed by atoms with E-state index in [1.54, 1.807) is 22.9 Å². The van der Waals surface area contributed by atoms with E-state index in [2.05, 4.69) is 21.0 Å². The summed E-state index contributed by atoms with van der Waals surface area (Å²) in [7, 11) is 1.53. The molecule has 2 rings (SSSR count). The molecule has 0 saturated carbocycles. The highest BCUT2D eigenvalue weighted by atomic mass is 79.9. The molecule has 0 aliphatic carbocycles. The van der Waals surface area contributed by atoms with Crippen LogP contribution in [0.15, 0.2) is 28.9 Å². The van der Waals surface area contributed by atoms with Gasteiger partial charge in [-0.2, -0.15) is 5.10 Å². The lowest BCUT2D eigenvalue weighted by atomic mass is 10.1. The van der Waals surface area contributed by atoms with E-state index in [9.17, 15) is 4.79 Å². The average molecular weight is 358 g/mol. The average Bonchev–Trinajstić information content (AvgIpc) is 2.79. The molecule has 0 spiro atoms. The van der Waals surface area contributed by atoms with E-state index < -0.39 is 0 Å². The summed E-state index contributed by atoms with van der Waals surface area (Å²) in [6.07, 6.45) is 2.37. The summed E-state index contributed by atoms with van der Waals surface area (Å²) < 4.78 is 7.74. The molecule has 2 aromatic rings. The fourth-order valence-corrected chi connectivity index (χ4v) is 2.52. The van der Waals surface area contributed by atoms with Gasteiger partial charge in [-0.3, -0.25) is 9.48 Å². The standard InChI is InChI=1S/C14H14BrClN2O2/c1-3-6-18-13(11(16)8-17-18)14(19)10-5-4-9(15)7-12(10)20-2/h4-5,7-8H,3,6H2,1-2H3. The van der Waals surface area contributed by atoms with Crippen LogP contribution in [0, 0.1) is 0 Å². The van der Waals surface area contributed by atoms with E-state index in [1.807, 2.05) is 6.92 Å². The topological polar surface area (TPSA) is 44.1 Å². The molecular weight excluding hydrogens is 344 g/mol. The molecule has 0 aliphatic heterocycles. The Kier molecular flexibility index (Phi) is 4.83. The number of hydrogen-bond donors (Lipinski definition) is 0. The SMILES string of the molecule is CCCn1ncc(Cl)c1C(=O)c1ccc(Br)cc1OC. The van der Waals surface area contributed by atoms with E-state index in [4.69, 9.17) is 16.3 Å². The molecule has 0 amide bonds. The number of halogens is 2. The second-order valence-corrected chi connectivity index (χ2v) is 5.56. The Morgan fingerprint density at radius 1 is 1.50 bits per heavy atom. The van der Waals surface area contributed by atoms with Crippen LogP contribution in [0.2, 0.25) is 5.02 Å². The van der Waals surface area contributed by atoms with E-state index >= 15 is 0 Å². The van der Waals surface area contributed by atoms with Crippen molar-refractivity contribution in [1.29, 1.82) is 0 Å². The third-order valence-corrected chi connectivity index (χ3v) is 3.62. The molecule has 20 heavy (non-hydrogen) atoms. The van der Waals surface area contributed by atoms with Crippen molar-refractivity contribution >= 4 is 33.3 Å². The van der Waals surface area contributed by atoms with Gasteiger partial charge in [-0.05, 0) is 24.6 Å². The number of carbonyl (C=O) groups is 1. The van der Waals surface area contributed by atoms with Gasteiger partial charge in [0.05, 0.1) is 23.9 Å². The number of ether oxygens (including phenoxy) is 1. The monoisotopic (exact) mass is 356 g/mol. The fourth-order valence-electron chi connectivity index (χ4n) is 1.95. The van der Waals surface area contributed by atoms with Crippen LogP contribution in [0.1, 0.15) is 29.4 Å². The van der Waals surface area contributed by atoms with Crippen LogP contribution in [0.3, 0.4) is 0 Å². The van der Waals surface area contributed by atoms with Gasteiger partial charge in [0.2, 0.25) is 5.78 Å². The molecule has 0 bridgehead atoms. The van der Waals surface area contributed by atoms with Gasteiger partial charge in [0.15, 0.2) is 0 Å². The summed E-state index contributed by atoms with van der Waals surface area (Å²) in [6.45, 7) is 2.66. The predicted molar refractivity (Wildman–Crippen MR) is 81.7 cm³/mol. The number of aryl methyl sites for hydroxylation is 1. The summed E-state index contributed by atoms with van der Waals surface area (Å²) in [6, 6.07) is 5.26. The largest absolute Gasteiger partial charge is 0.496 e. The molecule has 0 fully saturated rings. The van der Waals surface area contributed by atoms with Gasteiger partial charge in [0.25, 0.3) is 0 Å². The Bertz CT molecular complexity index is 640. The molecule has 1 aromatic carbocycles. The maximum atomic E-state index is 12.7. The van der Waals surface area contributed by atoms with Gasteiger partial charge in [0.1, 0.15) is 11.4 Å². The summed E-state index contributed by atoms with van der Waals surface area (Å²) in [5.41, 5.74) is 0.865. The lowest BCUT2D eigenvalue weighted by Gasteiger charge is -2.10. The van der Waals surface area contributed by atoms with Gasteiger partial charge in [-0.1, -0.05) is 34.5 Å². The Hall–Kier alpha value is -1.33. The van der Waals surface area contributed by atoms with Crippen LogP contribution in [-0.4, -0.2) is 22.7 Å². The first-order chi connectivity index (χ1) is 9.58. The minimum atomic E-state index is -0.190. The highest BCUT2D eigenvalue weighted by Crippen LogP contribution is 2.28. The van der Waals surface area contributed by atoms with Crippen LogP contribution in [0.5, 0.6) is 5.75 Å². The van der Waals surface area contributed by atoms with E-state index in [0.717, 1.165) is 10.9 Å². The summed E-state index contributed by atoms with van der Waals surface area (Å²) >= 11 is 9.45. The van der Waals surface area contributed by atoms with Crippen LogP contribution >= 0.6 is 27.5 Å². The first-order valence-electron chi connectivity index (χ1n) is 6.18. The summed E-state index contributed by atoms with van der Waals surface area (Å²) in [4.78, 5) is 12.7. The van der Waals surface area contributed by atoms with Crippen molar-refractivity contribution in [3.8, 4) is 5.75 Å². The lowest BCUT2D eigenvalue weighted by Crippen LogP contribution is -2.13. The van der Waals surface area contributed by atoms with Crippen molar-refractivity contribution in [1.82, 2.24) is 9.78 Å². The molecule has 0 radical (unpaired) electrons. The Labute approximate surface area is 130 Å². The second kappa shape index (κ2) is 6.41. The van der Waals surface area contributed by atoms with Crippen molar-refractivity contribution in [3.63, 3.8) is 0 Å². The molecule has 0 saturated heterocycles. The second-order valence-electron chi connectivity index (χ2n) is 4.24. The number of benzene rings is 1. The highest BCUT2D eigenvalue weighted by Gasteiger charge is 2.22. The zero-order valence-corrected chi connectivity index (χ0v) is 13.5. The van der Waals surface area contributed by atoms with Gasteiger partial charge in [0, 0.05) is 11.0 Å². The zero-order chi connectivity index (χ0) is 14.7. The van der Waals surface area contributed by atoms with Crippen LogP contribution in [0.4, 0.5) is 0 Å². The Morgan fingerprint density at radius 2 is 2.25 bits per heavy atom. The molecule has 0 unspecified atom stereocenters. The number of carbonyl (C=O) groups excluding carboxylic acids is 1. The summed E-state index contributed by atoms with van der Waals surface area (Å²) in [5.74, 6) is 0.315. The first kappa shape index (κ1) is 15.1. The third kappa shape index (κ3) is 2.88. The van der Waals surface area contributed by atoms with E-state index in [1.165, 1.54) is 13.3 Å². The van der Waals surface area contributed by atoms with Gasteiger partial charge >= 0.3 is 0 Å². The van der Waals surface area contributed by atoms with Gasteiger partial charge in [-0.15, -0.1) is 0 Å². The number of methoxy groups -OCH3 is 1. The molecule has 0 atom stereocenters. The fraction of sp³-hybridized carbons (Fsp3) is 0.286. The quantitative estimate of drug-likeness (QED) is 0.761. The third-order valence-electron chi connectivity index (χ3n) is 2.85. The Balaban J connectivity index is 2.49. The van der Waals surface area contributed by atoms with Crippen molar-refractivity contribution in [3.05, 3.63) is 45.1 Å². The number of rotatable bonds is 5. The van der Waals surface area contributed by atoms with Crippen molar-refractivity contribution in [2.45, 2.75) is 19.9 Å². The van der Waals surface area contributed by atoms with E-state index in [0.29, 0.717) is 28.6 Å². The molecule has 4 nitrogen and oxygen atoms in total. The first-order valence-corrected chi connectivity index (χ1v) is 7.35. The maximum absolute atomic E-state index is 12.7.